The van der Waals surface area contributed by atoms with Crippen LogP contribution in [0.2, 0.25) is 0 Å². The van der Waals surface area contributed by atoms with E-state index in [1.54, 1.807) is 18.2 Å². The smallest absolute Gasteiger partial charge is 0.407 e. The van der Waals surface area contributed by atoms with Gasteiger partial charge in [0, 0.05) is 54.6 Å². The summed E-state index contributed by atoms with van der Waals surface area (Å²) in [6.45, 7) is 12.9. The molecule has 402 valence electrons. The molecular weight excluding hydrogens is 969 g/mol. The van der Waals surface area contributed by atoms with Gasteiger partial charge in [0.15, 0.2) is 0 Å². The van der Waals surface area contributed by atoms with E-state index in [1.807, 2.05) is 77.9 Å². The van der Waals surface area contributed by atoms with Crippen LogP contribution in [-0.2, 0) is 23.9 Å². The Bertz CT molecular complexity index is 2690. The molecule has 0 saturated carbocycles. The van der Waals surface area contributed by atoms with Gasteiger partial charge >= 0.3 is 12.1 Å². The zero-order valence-corrected chi connectivity index (χ0v) is 44.1. The monoisotopic (exact) mass is 1040 g/mol. The van der Waals surface area contributed by atoms with Crippen molar-refractivity contribution in [3.63, 3.8) is 0 Å². The van der Waals surface area contributed by atoms with Crippen molar-refractivity contribution in [2.24, 2.45) is 23.7 Å². The molecule has 76 heavy (non-hydrogen) atoms. The van der Waals surface area contributed by atoms with E-state index in [4.69, 9.17) is 9.84 Å². The number of benzene rings is 2. The Hall–Kier alpha value is -8.19. The maximum atomic E-state index is 13.1. The molecule has 19 nitrogen and oxygen atoms in total. The molecule has 0 radical (unpaired) electrons. The zero-order valence-electron chi connectivity index (χ0n) is 44.1. The van der Waals surface area contributed by atoms with Crippen LogP contribution in [0.4, 0.5) is 4.79 Å². The van der Waals surface area contributed by atoms with E-state index in [1.165, 1.54) is 18.5 Å². The number of aromatic carboxylic acids is 1. The molecule has 2 aromatic heterocycles. The summed E-state index contributed by atoms with van der Waals surface area (Å²) in [5.74, 6) is -2.77. The predicted octanol–water partition coefficient (Wildman–Crippen LogP) is 6.41. The van der Waals surface area contributed by atoms with Crippen molar-refractivity contribution in [2.75, 3.05) is 19.7 Å². The standard InChI is InChI=1S/C29H34N4O4.C21H29N5O3.C7H7NO2/c1-18(2)14-26(28(35)32-20(16-30)15-19-8-7-13-31-27(19)34)33-29(36)37-17-25-23-11-5-3-9-21(23)22-10-4-6-12-24(22)25;1-13(2)9-18(26-20(28)16-7-6-14(3)24-12-16)21(29)25-17(11-22)10-15-5-4-8-23-19(15)27;1-5-2-3-6(4-8-5)7(9)10/h3-6,9-12,18-20,25-26H,7-8,13-15,17H2,1-2H3,(H,31,34)(H,32,35)(H,33,36);6-7,12-13,15,17-18H,4-5,8-10H2,1-3H3,(H,23,27)(H,25,29)(H,26,28);2-4H,1H3,(H,9,10)/t19-,20-,26-;15-,17-,18-;/m00./s1. The molecular formula is C57H70N10O9. The summed E-state index contributed by atoms with van der Waals surface area (Å²) in [5.41, 5.74) is 6.70. The number of hydrogen-bond donors (Lipinski definition) is 7. The highest BCUT2D eigenvalue weighted by Gasteiger charge is 2.33. The van der Waals surface area contributed by atoms with Gasteiger partial charge in [0.1, 0.15) is 30.8 Å². The third kappa shape index (κ3) is 17.7. The number of aryl methyl sites for hydroxylation is 2. The molecule has 19 heteroatoms. The van der Waals surface area contributed by atoms with Gasteiger partial charge in [-0.1, -0.05) is 76.2 Å². The van der Waals surface area contributed by atoms with E-state index >= 15 is 0 Å². The number of piperidine rings is 2. The van der Waals surface area contributed by atoms with Crippen LogP contribution < -0.4 is 31.9 Å². The van der Waals surface area contributed by atoms with E-state index < -0.39 is 54.0 Å². The predicted molar refractivity (Wildman–Crippen MR) is 283 cm³/mol. The van der Waals surface area contributed by atoms with E-state index in [0.717, 1.165) is 46.5 Å². The van der Waals surface area contributed by atoms with E-state index in [0.29, 0.717) is 44.3 Å². The second kappa shape index (κ2) is 29.0. The van der Waals surface area contributed by atoms with Gasteiger partial charge in [0.05, 0.1) is 23.3 Å². The largest absolute Gasteiger partial charge is 0.478 e. The fraction of sp³-hybridized carbons (Fsp3) is 0.456. The van der Waals surface area contributed by atoms with Crippen LogP contribution in [0.5, 0.6) is 0 Å². The lowest BCUT2D eigenvalue weighted by Gasteiger charge is -2.25. The molecule has 2 aromatic carbocycles. The first kappa shape index (κ1) is 58.7. The molecule has 0 bridgehead atoms. The minimum absolute atomic E-state index is 0.0790. The van der Waals surface area contributed by atoms with Gasteiger partial charge in [-0.3, -0.25) is 33.9 Å². The molecule has 2 saturated heterocycles. The van der Waals surface area contributed by atoms with Crippen LogP contribution >= 0.6 is 0 Å². The summed E-state index contributed by atoms with van der Waals surface area (Å²) in [4.78, 5) is 93.4. The molecule has 0 unspecified atom stereocenters. The number of carboxylic acid groups (broad SMARTS) is 1. The summed E-state index contributed by atoms with van der Waals surface area (Å²) in [7, 11) is 0. The summed E-state index contributed by atoms with van der Waals surface area (Å²) in [6, 6.07) is 23.7. The average Bonchev–Trinajstić information content (AvgIpc) is 3.72. The van der Waals surface area contributed by atoms with Gasteiger partial charge in [0.2, 0.25) is 23.6 Å². The highest BCUT2D eigenvalue weighted by atomic mass is 16.5. The minimum atomic E-state index is -0.937. The van der Waals surface area contributed by atoms with Gasteiger partial charge < -0.3 is 41.7 Å². The quantitative estimate of drug-likeness (QED) is 0.0568. The molecule has 0 spiro atoms. The minimum Gasteiger partial charge on any atom is -0.478 e. The number of carboxylic acids is 1. The lowest BCUT2D eigenvalue weighted by atomic mass is 9.91. The number of amides is 6. The number of nitrogens with one attached hydrogen (secondary N) is 6. The molecule has 1 aliphatic carbocycles. The van der Waals surface area contributed by atoms with Crippen LogP contribution in [0.3, 0.4) is 0 Å². The molecule has 7 rings (SSSR count). The van der Waals surface area contributed by atoms with Crippen molar-refractivity contribution < 1.29 is 43.4 Å². The molecule has 7 N–H and O–H groups in total. The summed E-state index contributed by atoms with van der Waals surface area (Å²) in [5, 5.41) is 43.9. The van der Waals surface area contributed by atoms with E-state index in [9.17, 15) is 44.1 Å². The van der Waals surface area contributed by atoms with Crippen molar-refractivity contribution in [3.8, 4) is 23.3 Å². The Morgan fingerprint density at radius 1 is 0.658 bits per heavy atom. The number of rotatable bonds is 18. The van der Waals surface area contributed by atoms with Crippen molar-refractivity contribution in [1.29, 1.82) is 10.5 Å². The number of aromatic nitrogens is 2. The number of alkyl carbamates (subject to hydrolysis) is 1. The molecule has 2 fully saturated rings. The Balaban J connectivity index is 0.000000242. The van der Waals surface area contributed by atoms with Crippen molar-refractivity contribution in [1.82, 2.24) is 41.9 Å². The number of carbonyl (C=O) groups excluding carboxylic acids is 6. The van der Waals surface area contributed by atoms with Gasteiger partial charge in [-0.2, -0.15) is 10.5 Å². The first-order chi connectivity index (χ1) is 36.4. The number of nitrogens with zero attached hydrogens (tertiary/aromatic N) is 4. The number of fused-ring (bicyclic) bond motifs is 3. The Labute approximate surface area is 444 Å². The van der Waals surface area contributed by atoms with Crippen LogP contribution in [-0.4, -0.2) is 101 Å². The average molecular weight is 1040 g/mol. The molecule has 4 heterocycles. The van der Waals surface area contributed by atoms with E-state index in [-0.39, 0.29) is 66.4 Å². The highest BCUT2D eigenvalue weighted by Crippen LogP contribution is 2.44. The maximum Gasteiger partial charge on any atom is 0.407 e. The van der Waals surface area contributed by atoms with Crippen molar-refractivity contribution in [3.05, 3.63) is 119 Å². The second-order valence-electron chi connectivity index (χ2n) is 20.1. The van der Waals surface area contributed by atoms with Crippen LogP contribution in [0, 0.1) is 60.2 Å². The number of pyridine rings is 2. The maximum absolute atomic E-state index is 13.1. The van der Waals surface area contributed by atoms with Gasteiger partial charge in [0.25, 0.3) is 5.91 Å². The third-order valence-electron chi connectivity index (χ3n) is 13.1. The van der Waals surface area contributed by atoms with E-state index in [2.05, 4.69) is 66.1 Å². The number of nitriles is 2. The Morgan fingerprint density at radius 3 is 1.51 bits per heavy atom. The number of ether oxygens (including phenoxy) is 1. The van der Waals surface area contributed by atoms with Crippen molar-refractivity contribution >= 4 is 41.6 Å². The number of hydrogen-bond acceptors (Lipinski definition) is 12. The molecule has 2 aliphatic heterocycles. The fourth-order valence-electron chi connectivity index (χ4n) is 9.15. The lowest BCUT2D eigenvalue weighted by Crippen LogP contribution is -2.51. The first-order valence-electron chi connectivity index (χ1n) is 25.8. The SMILES string of the molecule is CC(C)C[C@H](NC(=O)OCC1c2ccccc2-c2ccccc21)C(=O)N[C@H](C#N)C[C@@H]1CCCNC1=O.Cc1ccc(C(=O)N[C@@H](CC(C)C)C(=O)N[C@H](C#N)C[C@@H]2CCCNC2=O)cn1.Cc1ccc(C(=O)O)cn1. The summed E-state index contributed by atoms with van der Waals surface area (Å²) in [6.07, 6.45) is 6.55. The molecule has 6 atom stereocenters. The normalized spacial score (nSPS) is 17.0. The van der Waals surface area contributed by atoms with Gasteiger partial charge in [-0.05, 0) is 124 Å². The van der Waals surface area contributed by atoms with Gasteiger partial charge in [-0.25, -0.2) is 9.59 Å². The van der Waals surface area contributed by atoms with Crippen LogP contribution in [0.25, 0.3) is 11.1 Å². The lowest BCUT2D eigenvalue weighted by molar-refractivity contribution is -0.128. The fourth-order valence-corrected chi connectivity index (χ4v) is 9.15. The third-order valence-corrected chi connectivity index (χ3v) is 13.1. The molecule has 4 aromatic rings. The highest BCUT2D eigenvalue weighted by molar-refractivity contribution is 5.97. The zero-order chi connectivity index (χ0) is 55.3. The van der Waals surface area contributed by atoms with Gasteiger partial charge in [-0.15, -0.1) is 0 Å². The molecule has 3 aliphatic rings. The summed E-state index contributed by atoms with van der Waals surface area (Å²) >= 11 is 0. The summed E-state index contributed by atoms with van der Waals surface area (Å²) < 4.78 is 5.62. The van der Waals surface area contributed by atoms with Crippen molar-refractivity contribution in [2.45, 2.75) is 123 Å². The van der Waals surface area contributed by atoms with Crippen LogP contribution in [0.1, 0.15) is 128 Å². The molecule has 6 amide bonds. The number of carbonyl (C=O) groups is 7. The first-order valence-corrected chi connectivity index (χ1v) is 25.8. The topological polar surface area (TPSA) is 294 Å². The Morgan fingerprint density at radius 2 is 1.11 bits per heavy atom. The second-order valence-corrected chi connectivity index (χ2v) is 20.1. The Kier molecular flexibility index (Phi) is 22.4. The van der Waals surface area contributed by atoms with Crippen LogP contribution in [0.15, 0.2) is 85.2 Å².